The number of hydrogen-bond donors (Lipinski definition) is 2. The second-order valence-corrected chi connectivity index (χ2v) is 6.94. The molecule has 0 aliphatic carbocycles. The Morgan fingerprint density at radius 3 is 2.36 bits per heavy atom. The van der Waals surface area contributed by atoms with E-state index in [-0.39, 0.29) is 24.4 Å². The minimum absolute atomic E-state index is 0. The maximum Gasteiger partial charge on any atom is 0.255 e. The number of amides is 1. The topological polar surface area (TPSA) is 59.0 Å². The van der Waals surface area contributed by atoms with Gasteiger partial charge in [-0.05, 0) is 31.5 Å². The normalized spacial score (nSPS) is 14.3. The van der Waals surface area contributed by atoms with E-state index in [1.165, 1.54) is 0 Å². The van der Waals surface area contributed by atoms with Crippen LogP contribution >= 0.6 is 12.4 Å². The molecule has 5 nitrogen and oxygen atoms in total. The number of carbonyl (C=O) groups is 1. The Labute approximate surface area is 171 Å². The molecule has 28 heavy (non-hydrogen) atoms. The van der Waals surface area contributed by atoms with Crippen molar-refractivity contribution >= 4 is 18.3 Å². The third kappa shape index (κ3) is 4.80. The van der Waals surface area contributed by atoms with E-state index in [1.807, 2.05) is 59.4 Å². The fourth-order valence-electron chi connectivity index (χ4n) is 3.48. The number of benzene rings is 2. The predicted molar refractivity (Wildman–Crippen MR) is 114 cm³/mol. The van der Waals surface area contributed by atoms with E-state index >= 15 is 0 Å². The molecule has 1 aromatic heterocycles. The van der Waals surface area contributed by atoms with E-state index in [9.17, 15) is 4.79 Å². The van der Waals surface area contributed by atoms with Gasteiger partial charge >= 0.3 is 0 Å². The third-order valence-electron chi connectivity index (χ3n) is 4.92. The number of carbonyl (C=O) groups excluding carboxylic acids is 1. The van der Waals surface area contributed by atoms with Crippen molar-refractivity contribution in [1.29, 1.82) is 0 Å². The molecule has 1 aliphatic heterocycles. The molecular weight excluding hydrogens is 372 g/mol. The maximum absolute atomic E-state index is 13.0. The maximum atomic E-state index is 13.0. The highest BCUT2D eigenvalue weighted by Crippen LogP contribution is 2.23. The van der Waals surface area contributed by atoms with Crippen molar-refractivity contribution in [3.05, 3.63) is 78.0 Å². The minimum Gasteiger partial charge on any atom is -0.349 e. The summed E-state index contributed by atoms with van der Waals surface area (Å²) in [6.07, 6.45) is 3.79. The lowest BCUT2D eigenvalue weighted by molar-refractivity contribution is 0.0930. The van der Waals surface area contributed by atoms with Gasteiger partial charge in [-0.25, -0.2) is 0 Å². The summed E-state index contributed by atoms with van der Waals surface area (Å²) in [7, 11) is 0. The van der Waals surface area contributed by atoms with Gasteiger partial charge in [-0.1, -0.05) is 60.7 Å². The van der Waals surface area contributed by atoms with Crippen molar-refractivity contribution in [1.82, 2.24) is 20.4 Å². The van der Waals surface area contributed by atoms with Crippen LogP contribution in [0.25, 0.3) is 11.3 Å². The van der Waals surface area contributed by atoms with E-state index in [0.29, 0.717) is 12.1 Å². The van der Waals surface area contributed by atoms with Crippen molar-refractivity contribution in [2.45, 2.75) is 25.4 Å². The highest BCUT2D eigenvalue weighted by Gasteiger charge is 2.21. The summed E-state index contributed by atoms with van der Waals surface area (Å²) in [4.78, 5) is 13.0. The van der Waals surface area contributed by atoms with Gasteiger partial charge in [0.1, 0.15) is 5.69 Å². The summed E-state index contributed by atoms with van der Waals surface area (Å²) in [5.74, 6) is -0.0416. The Hall–Kier alpha value is -2.63. The van der Waals surface area contributed by atoms with Crippen LogP contribution < -0.4 is 10.6 Å². The highest BCUT2D eigenvalue weighted by molar-refractivity contribution is 6.00. The molecule has 1 aliphatic rings. The van der Waals surface area contributed by atoms with Crippen LogP contribution in [-0.4, -0.2) is 34.8 Å². The average molecular weight is 397 g/mol. The van der Waals surface area contributed by atoms with E-state index in [4.69, 9.17) is 5.10 Å². The SMILES string of the molecule is Cl.O=C(NC1CCNCC1)c1cn(Cc2ccccc2)nc1-c1ccccc1. The van der Waals surface area contributed by atoms with E-state index in [2.05, 4.69) is 22.8 Å². The molecule has 1 saturated heterocycles. The second kappa shape index (κ2) is 9.53. The second-order valence-electron chi connectivity index (χ2n) is 6.94. The molecule has 1 fully saturated rings. The molecule has 2 heterocycles. The first-order valence-electron chi connectivity index (χ1n) is 9.48. The largest absolute Gasteiger partial charge is 0.349 e. The lowest BCUT2D eigenvalue weighted by Gasteiger charge is -2.23. The van der Waals surface area contributed by atoms with E-state index < -0.39 is 0 Å². The van der Waals surface area contributed by atoms with Gasteiger partial charge in [0.25, 0.3) is 5.91 Å². The Morgan fingerprint density at radius 2 is 1.68 bits per heavy atom. The zero-order valence-corrected chi connectivity index (χ0v) is 16.5. The summed E-state index contributed by atoms with van der Waals surface area (Å²) >= 11 is 0. The molecule has 0 unspecified atom stereocenters. The fourth-order valence-corrected chi connectivity index (χ4v) is 3.48. The lowest BCUT2D eigenvalue weighted by Crippen LogP contribution is -2.42. The summed E-state index contributed by atoms with van der Waals surface area (Å²) in [5.41, 5.74) is 3.48. The van der Waals surface area contributed by atoms with Crippen molar-refractivity contribution in [3.63, 3.8) is 0 Å². The molecular formula is C22H25ClN4O. The first-order valence-corrected chi connectivity index (χ1v) is 9.48. The van der Waals surface area contributed by atoms with Gasteiger partial charge in [-0.2, -0.15) is 5.10 Å². The molecule has 3 aromatic rings. The molecule has 2 N–H and O–H groups in total. The molecule has 1 amide bonds. The first-order chi connectivity index (χ1) is 13.3. The van der Waals surface area contributed by atoms with Gasteiger partial charge in [0.05, 0.1) is 12.1 Å². The predicted octanol–water partition coefficient (Wildman–Crippen LogP) is 3.50. The molecule has 0 saturated carbocycles. The number of halogens is 1. The van der Waals surface area contributed by atoms with Crippen LogP contribution in [0.15, 0.2) is 66.9 Å². The Morgan fingerprint density at radius 1 is 1.04 bits per heavy atom. The Kier molecular flexibility index (Phi) is 6.85. The van der Waals surface area contributed by atoms with Crippen molar-refractivity contribution < 1.29 is 4.79 Å². The zero-order chi connectivity index (χ0) is 18.5. The molecule has 0 bridgehead atoms. The van der Waals surface area contributed by atoms with Gasteiger partial charge in [0.15, 0.2) is 0 Å². The quantitative estimate of drug-likeness (QED) is 0.693. The van der Waals surface area contributed by atoms with Crippen LogP contribution in [0.4, 0.5) is 0 Å². The van der Waals surface area contributed by atoms with Crippen LogP contribution in [0.2, 0.25) is 0 Å². The Balaban J connectivity index is 0.00000225. The number of piperidine rings is 1. The summed E-state index contributed by atoms with van der Waals surface area (Å²) in [6.45, 7) is 2.54. The first kappa shape index (κ1) is 20.1. The standard InChI is InChI=1S/C22H24N4O.ClH/c27-22(24-19-11-13-23-14-12-19)20-16-26(15-17-7-3-1-4-8-17)25-21(20)18-9-5-2-6-10-18;/h1-10,16,19,23H,11-15H2,(H,24,27);1H. The summed E-state index contributed by atoms with van der Waals surface area (Å²) < 4.78 is 1.86. The zero-order valence-electron chi connectivity index (χ0n) is 15.7. The van der Waals surface area contributed by atoms with Crippen LogP contribution in [0.5, 0.6) is 0 Å². The average Bonchev–Trinajstić information content (AvgIpc) is 3.14. The number of aromatic nitrogens is 2. The van der Waals surface area contributed by atoms with Gasteiger partial charge in [0, 0.05) is 17.8 Å². The summed E-state index contributed by atoms with van der Waals surface area (Å²) in [5, 5.41) is 11.3. The van der Waals surface area contributed by atoms with Crippen molar-refractivity contribution in [3.8, 4) is 11.3 Å². The minimum atomic E-state index is -0.0416. The molecule has 0 atom stereocenters. The lowest BCUT2D eigenvalue weighted by atomic mass is 10.0. The van der Waals surface area contributed by atoms with Gasteiger partial charge < -0.3 is 10.6 Å². The number of hydrogen-bond acceptors (Lipinski definition) is 3. The monoisotopic (exact) mass is 396 g/mol. The highest BCUT2D eigenvalue weighted by atomic mass is 35.5. The van der Waals surface area contributed by atoms with Gasteiger partial charge in [-0.15, -0.1) is 12.4 Å². The van der Waals surface area contributed by atoms with Gasteiger partial charge in [-0.3, -0.25) is 9.48 Å². The van der Waals surface area contributed by atoms with Crippen LogP contribution in [-0.2, 0) is 6.54 Å². The number of nitrogens with one attached hydrogen (secondary N) is 2. The van der Waals surface area contributed by atoms with Crippen LogP contribution in [0.1, 0.15) is 28.8 Å². The molecule has 6 heteroatoms. The molecule has 0 spiro atoms. The smallest absolute Gasteiger partial charge is 0.255 e. The van der Waals surface area contributed by atoms with E-state index in [0.717, 1.165) is 42.8 Å². The van der Waals surface area contributed by atoms with E-state index in [1.54, 1.807) is 0 Å². The molecule has 2 aromatic carbocycles. The Bertz CT molecular complexity index is 889. The van der Waals surface area contributed by atoms with Crippen molar-refractivity contribution in [2.24, 2.45) is 0 Å². The summed E-state index contributed by atoms with van der Waals surface area (Å²) in [6, 6.07) is 20.3. The number of nitrogens with zero attached hydrogens (tertiary/aromatic N) is 2. The van der Waals surface area contributed by atoms with Crippen LogP contribution in [0.3, 0.4) is 0 Å². The molecule has 146 valence electrons. The van der Waals surface area contributed by atoms with Crippen molar-refractivity contribution in [2.75, 3.05) is 13.1 Å². The number of rotatable bonds is 5. The fraction of sp³-hybridized carbons (Fsp3) is 0.273. The molecule has 4 rings (SSSR count). The van der Waals surface area contributed by atoms with Crippen LogP contribution in [0, 0.1) is 0 Å². The third-order valence-corrected chi connectivity index (χ3v) is 4.92. The molecule has 0 radical (unpaired) electrons. The van der Waals surface area contributed by atoms with Gasteiger partial charge in [0.2, 0.25) is 0 Å².